The molecular weight excluding hydrogens is 394 g/mol. The molecule has 158 valence electrons. The first-order valence-electron chi connectivity index (χ1n) is 10.2. The fourth-order valence-corrected chi connectivity index (χ4v) is 4.16. The van der Waals surface area contributed by atoms with Crippen LogP contribution in [0.3, 0.4) is 0 Å². The lowest BCUT2D eigenvalue weighted by Crippen LogP contribution is -2.27. The van der Waals surface area contributed by atoms with Gasteiger partial charge in [-0.05, 0) is 24.1 Å². The number of aliphatic hydroxyl groups excluding tert-OH is 1. The zero-order chi connectivity index (χ0) is 21.4. The Balaban J connectivity index is 1.52. The van der Waals surface area contributed by atoms with Crippen LogP contribution in [0.25, 0.3) is 11.0 Å². The van der Waals surface area contributed by atoms with Crippen molar-refractivity contribution < 1.29 is 5.11 Å². The van der Waals surface area contributed by atoms with E-state index in [-0.39, 0.29) is 18.1 Å². The summed E-state index contributed by atoms with van der Waals surface area (Å²) in [6.45, 7) is 1.25. The van der Waals surface area contributed by atoms with E-state index in [4.69, 9.17) is 5.11 Å². The van der Waals surface area contributed by atoms with Gasteiger partial charge in [-0.15, -0.1) is 0 Å². The molecule has 1 atom stereocenters. The van der Waals surface area contributed by atoms with Crippen LogP contribution in [-0.2, 0) is 13.6 Å². The summed E-state index contributed by atoms with van der Waals surface area (Å²) in [4.78, 5) is 22.2. The first-order valence-corrected chi connectivity index (χ1v) is 10.2. The molecule has 0 bridgehead atoms. The summed E-state index contributed by atoms with van der Waals surface area (Å²) in [6.07, 6.45) is 6.00. The number of nitrogens with zero attached hydrogens (tertiary/aromatic N) is 5. The van der Waals surface area contributed by atoms with Crippen LogP contribution in [0.2, 0.25) is 0 Å². The maximum atomic E-state index is 13.3. The summed E-state index contributed by atoms with van der Waals surface area (Å²) in [5.74, 6) is 0.418. The second kappa shape index (κ2) is 7.84. The van der Waals surface area contributed by atoms with E-state index < -0.39 is 0 Å². The van der Waals surface area contributed by atoms with Gasteiger partial charge in [-0.3, -0.25) is 14.0 Å². The summed E-state index contributed by atoms with van der Waals surface area (Å²) in [5, 5.41) is 20.5. The van der Waals surface area contributed by atoms with Crippen molar-refractivity contribution in [2.24, 2.45) is 7.05 Å². The normalized spacial score (nSPS) is 15.5. The molecule has 1 unspecified atom stereocenters. The second-order valence-corrected chi connectivity index (χ2v) is 7.63. The van der Waals surface area contributed by atoms with Crippen molar-refractivity contribution in [3.63, 3.8) is 0 Å². The topological polar surface area (TPSA) is 110 Å². The fourth-order valence-electron chi connectivity index (χ4n) is 4.16. The standard InChI is InChI=1S/C22H23N7O2/c1-28-20-14(11-24-22(27-20)26-15-12-25-29(13-15)8-9-30)10-18(21(28)31)16-6-7-23-19-5-3-2-4-17(16)19/h2-5,10-13,16,23,30H,6-9H2,1H3,(H,24,26,27). The summed E-state index contributed by atoms with van der Waals surface area (Å²) in [7, 11) is 1.75. The van der Waals surface area contributed by atoms with Crippen LogP contribution in [0.5, 0.6) is 0 Å². The van der Waals surface area contributed by atoms with Crippen LogP contribution >= 0.6 is 0 Å². The number of para-hydroxylation sites is 1. The van der Waals surface area contributed by atoms with Crippen LogP contribution in [0.4, 0.5) is 17.3 Å². The molecule has 0 spiro atoms. The van der Waals surface area contributed by atoms with E-state index in [2.05, 4.69) is 37.8 Å². The smallest absolute Gasteiger partial charge is 0.255 e. The first-order chi connectivity index (χ1) is 15.1. The molecule has 0 amide bonds. The van der Waals surface area contributed by atoms with Gasteiger partial charge in [-0.25, -0.2) is 4.98 Å². The molecule has 1 aliphatic heterocycles. The largest absolute Gasteiger partial charge is 0.394 e. The van der Waals surface area contributed by atoms with Crippen molar-refractivity contribution in [1.29, 1.82) is 0 Å². The number of nitrogens with one attached hydrogen (secondary N) is 2. The Morgan fingerprint density at radius 1 is 1.26 bits per heavy atom. The highest BCUT2D eigenvalue weighted by Gasteiger charge is 2.25. The van der Waals surface area contributed by atoms with Crippen LogP contribution in [0.15, 0.2) is 53.7 Å². The van der Waals surface area contributed by atoms with Gasteiger partial charge >= 0.3 is 0 Å². The number of hydrogen-bond acceptors (Lipinski definition) is 7. The van der Waals surface area contributed by atoms with Crippen molar-refractivity contribution in [3.05, 3.63) is 70.4 Å². The molecule has 0 radical (unpaired) electrons. The van der Waals surface area contributed by atoms with E-state index in [1.165, 1.54) is 0 Å². The van der Waals surface area contributed by atoms with Crippen LogP contribution < -0.4 is 16.2 Å². The van der Waals surface area contributed by atoms with Crippen LogP contribution in [-0.4, -0.2) is 42.6 Å². The minimum atomic E-state index is -0.0466. The number of pyridine rings is 1. The molecular formula is C22H23N7O2. The summed E-state index contributed by atoms with van der Waals surface area (Å²) >= 11 is 0. The highest BCUT2D eigenvalue weighted by atomic mass is 16.3. The van der Waals surface area contributed by atoms with E-state index in [9.17, 15) is 4.79 Å². The maximum absolute atomic E-state index is 13.3. The number of aliphatic hydroxyl groups is 1. The van der Waals surface area contributed by atoms with Crippen molar-refractivity contribution in [2.75, 3.05) is 23.8 Å². The van der Waals surface area contributed by atoms with Crippen LogP contribution in [0, 0.1) is 0 Å². The predicted octanol–water partition coefficient (Wildman–Crippen LogP) is 2.21. The van der Waals surface area contributed by atoms with Gasteiger partial charge in [0.15, 0.2) is 0 Å². The molecule has 0 saturated carbocycles. The average molecular weight is 417 g/mol. The van der Waals surface area contributed by atoms with Crippen molar-refractivity contribution in [1.82, 2.24) is 24.3 Å². The third-order valence-electron chi connectivity index (χ3n) is 5.65. The zero-order valence-electron chi connectivity index (χ0n) is 17.1. The van der Waals surface area contributed by atoms with Gasteiger partial charge in [0.1, 0.15) is 5.65 Å². The Morgan fingerprint density at radius 3 is 3.00 bits per heavy atom. The van der Waals surface area contributed by atoms with Gasteiger partial charge in [-0.2, -0.15) is 10.1 Å². The summed E-state index contributed by atoms with van der Waals surface area (Å²) < 4.78 is 3.22. The number of benzene rings is 1. The Bertz CT molecular complexity index is 1310. The molecule has 0 saturated heterocycles. The Morgan fingerprint density at radius 2 is 2.13 bits per heavy atom. The molecule has 0 aliphatic carbocycles. The van der Waals surface area contributed by atoms with Gasteiger partial charge in [0.2, 0.25) is 5.95 Å². The molecule has 9 heteroatoms. The minimum absolute atomic E-state index is 0.0135. The fraction of sp³-hybridized carbons (Fsp3) is 0.273. The van der Waals surface area contributed by atoms with Crippen molar-refractivity contribution >= 4 is 28.4 Å². The first kappa shape index (κ1) is 19.3. The van der Waals surface area contributed by atoms with Gasteiger partial charge in [-0.1, -0.05) is 18.2 Å². The predicted molar refractivity (Wildman–Crippen MR) is 119 cm³/mol. The molecule has 1 aromatic carbocycles. The van der Waals surface area contributed by atoms with E-state index in [1.54, 1.807) is 34.9 Å². The molecule has 3 aromatic heterocycles. The SMILES string of the molecule is Cn1c(=O)c(C2CCNc3ccccc32)cc2cnc(Nc3cnn(CCO)c3)nc21. The number of rotatable bonds is 5. The van der Waals surface area contributed by atoms with E-state index in [0.29, 0.717) is 23.8 Å². The van der Waals surface area contributed by atoms with Gasteiger partial charge in [0.25, 0.3) is 5.56 Å². The molecule has 31 heavy (non-hydrogen) atoms. The highest BCUT2D eigenvalue weighted by Crippen LogP contribution is 2.35. The number of aromatic nitrogens is 5. The minimum Gasteiger partial charge on any atom is -0.394 e. The van der Waals surface area contributed by atoms with E-state index in [1.807, 2.05) is 18.2 Å². The molecule has 4 heterocycles. The van der Waals surface area contributed by atoms with Crippen molar-refractivity contribution in [3.8, 4) is 0 Å². The molecule has 9 nitrogen and oxygen atoms in total. The number of hydrogen-bond donors (Lipinski definition) is 3. The monoisotopic (exact) mass is 417 g/mol. The molecule has 4 aromatic rings. The molecule has 1 aliphatic rings. The lowest BCUT2D eigenvalue weighted by molar-refractivity contribution is 0.269. The third-order valence-corrected chi connectivity index (χ3v) is 5.65. The van der Waals surface area contributed by atoms with Gasteiger partial charge in [0, 0.05) is 48.5 Å². The zero-order valence-corrected chi connectivity index (χ0v) is 17.1. The average Bonchev–Trinajstić information content (AvgIpc) is 3.23. The molecule has 5 rings (SSSR count). The lowest BCUT2D eigenvalue weighted by Gasteiger charge is -2.27. The quantitative estimate of drug-likeness (QED) is 0.457. The summed E-state index contributed by atoms with van der Waals surface area (Å²) in [5.41, 5.74) is 4.22. The van der Waals surface area contributed by atoms with Crippen molar-refractivity contribution in [2.45, 2.75) is 18.9 Å². The number of aryl methyl sites for hydroxylation is 1. The second-order valence-electron chi connectivity index (χ2n) is 7.63. The van der Waals surface area contributed by atoms with Gasteiger partial charge in [0.05, 0.1) is 25.0 Å². The van der Waals surface area contributed by atoms with E-state index in [0.717, 1.165) is 35.2 Å². The Kier molecular flexibility index (Phi) is 4.87. The summed E-state index contributed by atoms with van der Waals surface area (Å²) in [6, 6.07) is 10.1. The molecule has 0 fully saturated rings. The lowest BCUT2D eigenvalue weighted by atomic mass is 9.85. The van der Waals surface area contributed by atoms with Gasteiger partial charge < -0.3 is 15.7 Å². The van der Waals surface area contributed by atoms with Crippen LogP contribution in [0.1, 0.15) is 23.5 Å². The molecule has 3 N–H and O–H groups in total. The highest BCUT2D eigenvalue weighted by molar-refractivity contribution is 5.77. The number of anilines is 3. The number of fused-ring (bicyclic) bond motifs is 2. The third kappa shape index (κ3) is 3.53. The Hall–Kier alpha value is -3.72. The van der Waals surface area contributed by atoms with E-state index >= 15 is 0 Å². The maximum Gasteiger partial charge on any atom is 0.255 e. The Labute approximate surface area is 178 Å².